The molecule has 0 spiro atoms. The van der Waals surface area contributed by atoms with Crippen LogP contribution in [0.2, 0.25) is 0 Å². The second-order valence-electron chi connectivity index (χ2n) is 7.72. The fourth-order valence-electron chi connectivity index (χ4n) is 3.89. The average Bonchev–Trinajstić information content (AvgIpc) is 3.12. The fraction of sp³-hybridized carbons (Fsp3) is 0.200. The molecule has 1 amide bonds. The summed E-state index contributed by atoms with van der Waals surface area (Å²) in [6.07, 6.45) is 2.57. The molecule has 7 heteroatoms. The lowest BCUT2D eigenvalue weighted by atomic mass is 10.00. The van der Waals surface area contributed by atoms with Gasteiger partial charge in [0.1, 0.15) is 28.7 Å². The SMILES string of the molecule is CCc1cc(O)cc(OCC(N)=O)c1-c1nc2ccccn2c1Nc1c(C)cccc1C. The molecule has 4 aromatic rings. The van der Waals surface area contributed by atoms with E-state index in [1.807, 2.05) is 41.8 Å². The Kier molecular flexibility index (Phi) is 5.73. The lowest BCUT2D eigenvalue weighted by molar-refractivity contribution is -0.119. The van der Waals surface area contributed by atoms with Gasteiger partial charge in [-0.3, -0.25) is 9.20 Å². The molecule has 0 saturated heterocycles. The minimum Gasteiger partial charge on any atom is -0.508 e. The number of fused-ring (bicyclic) bond motifs is 1. The Hall–Kier alpha value is -4.00. The number of amides is 1. The zero-order valence-electron chi connectivity index (χ0n) is 18.3. The number of aryl methyl sites for hydroxylation is 3. The van der Waals surface area contributed by atoms with Gasteiger partial charge in [-0.1, -0.05) is 31.2 Å². The summed E-state index contributed by atoms with van der Waals surface area (Å²) < 4.78 is 7.69. The van der Waals surface area contributed by atoms with Crippen LogP contribution in [-0.4, -0.2) is 27.0 Å². The van der Waals surface area contributed by atoms with Crippen LogP contribution in [0, 0.1) is 13.8 Å². The molecule has 0 aliphatic rings. The summed E-state index contributed by atoms with van der Waals surface area (Å²) in [6.45, 7) is 5.80. The van der Waals surface area contributed by atoms with Crippen molar-refractivity contribution in [3.05, 3.63) is 71.4 Å². The van der Waals surface area contributed by atoms with E-state index < -0.39 is 5.91 Å². The van der Waals surface area contributed by atoms with Crippen molar-refractivity contribution >= 4 is 23.1 Å². The summed E-state index contributed by atoms with van der Waals surface area (Å²) in [6, 6.07) is 15.1. The third-order valence-electron chi connectivity index (χ3n) is 5.41. The molecule has 32 heavy (non-hydrogen) atoms. The maximum absolute atomic E-state index is 11.4. The zero-order chi connectivity index (χ0) is 22.8. The predicted octanol–water partition coefficient (Wildman–Crippen LogP) is 4.49. The zero-order valence-corrected chi connectivity index (χ0v) is 18.3. The van der Waals surface area contributed by atoms with Crippen molar-refractivity contribution in [3.8, 4) is 22.8 Å². The smallest absolute Gasteiger partial charge is 0.255 e. The summed E-state index contributed by atoms with van der Waals surface area (Å²) in [5.41, 5.74) is 11.5. The Labute approximate surface area is 186 Å². The fourth-order valence-corrected chi connectivity index (χ4v) is 3.89. The van der Waals surface area contributed by atoms with Gasteiger partial charge in [0.2, 0.25) is 0 Å². The van der Waals surface area contributed by atoms with Crippen LogP contribution in [0.15, 0.2) is 54.7 Å². The van der Waals surface area contributed by atoms with E-state index in [0.29, 0.717) is 23.4 Å². The van der Waals surface area contributed by atoms with Gasteiger partial charge in [-0.15, -0.1) is 0 Å². The number of pyridine rings is 1. The van der Waals surface area contributed by atoms with Crippen molar-refractivity contribution in [2.45, 2.75) is 27.2 Å². The maximum Gasteiger partial charge on any atom is 0.255 e. The second kappa shape index (κ2) is 8.63. The van der Waals surface area contributed by atoms with Crippen molar-refractivity contribution in [3.63, 3.8) is 0 Å². The maximum atomic E-state index is 11.4. The summed E-state index contributed by atoms with van der Waals surface area (Å²) in [5.74, 6) is 0.579. The Morgan fingerprint density at radius 2 is 1.91 bits per heavy atom. The van der Waals surface area contributed by atoms with Crippen LogP contribution in [0.25, 0.3) is 16.9 Å². The molecule has 164 valence electrons. The first-order chi connectivity index (χ1) is 15.4. The van der Waals surface area contributed by atoms with Gasteiger partial charge in [0.25, 0.3) is 5.91 Å². The van der Waals surface area contributed by atoms with Gasteiger partial charge in [-0.05, 0) is 55.2 Å². The molecule has 0 bridgehead atoms. The third kappa shape index (κ3) is 3.97. The van der Waals surface area contributed by atoms with Gasteiger partial charge in [0, 0.05) is 23.5 Å². The number of nitrogens with one attached hydrogen (secondary N) is 1. The van der Waals surface area contributed by atoms with Crippen molar-refractivity contribution in [2.75, 3.05) is 11.9 Å². The molecular formula is C25H26N4O3. The monoisotopic (exact) mass is 430 g/mol. The Morgan fingerprint density at radius 3 is 2.59 bits per heavy atom. The van der Waals surface area contributed by atoms with E-state index >= 15 is 0 Å². The van der Waals surface area contributed by atoms with E-state index in [1.165, 1.54) is 6.07 Å². The summed E-state index contributed by atoms with van der Waals surface area (Å²) in [5, 5.41) is 13.8. The van der Waals surface area contributed by atoms with E-state index in [-0.39, 0.29) is 12.4 Å². The third-order valence-corrected chi connectivity index (χ3v) is 5.41. The number of carbonyl (C=O) groups excluding carboxylic acids is 1. The highest BCUT2D eigenvalue weighted by Gasteiger charge is 2.23. The molecule has 0 aliphatic heterocycles. The topological polar surface area (TPSA) is 102 Å². The van der Waals surface area contributed by atoms with Crippen molar-refractivity contribution in [2.24, 2.45) is 5.73 Å². The van der Waals surface area contributed by atoms with E-state index in [9.17, 15) is 9.90 Å². The number of nitrogens with zero attached hydrogens (tertiary/aromatic N) is 2. The van der Waals surface area contributed by atoms with Gasteiger partial charge >= 0.3 is 0 Å². The number of hydrogen-bond acceptors (Lipinski definition) is 5. The number of primary amides is 1. The quantitative estimate of drug-likeness (QED) is 0.401. The number of ether oxygens (including phenoxy) is 1. The van der Waals surface area contributed by atoms with E-state index in [1.54, 1.807) is 6.07 Å². The number of phenolic OH excluding ortho intramolecular Hbond substituents is 1. The number of para-hydroxylation sites is 1. The van der Waals surface area contributed by atoms with Crippen LogP contribution in [0.1, 0.15) is 23.6 Å². The summed E-state index contributed by atoms with van der Waals surface area (Å²) in [4.78, 5) is 16.3. The minimum absolute atomic E-state index is 0.0538. The average molecular weight is 431 g/mol. The second-order valence-corrected chi connectivity index (χ2v) is 7.72. The molecule has 0 aliphatic carbocycles. The number of aromatic nitrogens is 2. The summed E-state index contributed by atoms with van der Waals surface area (Å²) >= 11 is 0. The molecule has 0 unspecified atom stereocenters. The molecule has 0 saturated carbocycles. The van der Waals surface area contributed by atoms with Gasteiger partial charge in [0.05, 0.1) is 0 Å². The Morgan fingerprint density at radius 1 is 1.16 bits per heavy atom. The van der Waals surface area contributed by atoms with Gasteiger partial charge < -0.3 is 20.9 Å². The van der Waals surface area contributed by atoms with Crippen LogP contribution in [0.4, 0.5) is 11.5 Å². The van der Waals surface area contributed by atoms with Gasteiger partial charge in [-0.25, -0.2) is 4.98 Å². The van der Waals surface area contributed by atoms with Crippen molar-refractivity contribution in [1.82, 2.24) is 9.38 Å². The molecule has 0 fully saturated rings. The first kappa shape index (κ1) is 21.2. The minimum atomic E-state index is -0.596. The molecule has 0 atom stereocenters. The van der Waals surface area contributed by atoms with Crippen LogP contribution in [0.5, 0.6) is 11.5 Å². The molecule has 2 aromatic carbocycles. The molecule has 4 rings (SSSR count). The Balaban J connectivity index is 1.98. The first-order valence-corrected chi connectivity index (χ1v) is 10.5. The molecule has 2 heterocycles. The predicted molar refractivity (Wildman–Crippen MR) is 126 cm³/mol. The number of anilines is 2. The van der Waals surface area contributed by atoms with E-state index in [2.05, 4.69) is 31.3 Å². The largest absolute Gasteiger partial charge is 0.508 e. The van der Waals surface area contributed by atoms with Crippen molar-refractivity contribution < 1.29 is 14.6 Å². The number of rotatable bonds is 7. The number of imidazole rings is 1. The van der Waals surface area contributed by atoms with E-state index in [4.69, 9.17) is 15.5 Å². The highest BCUT2D eigenvalue weighted by Crippen LogP contribution is 2.42. The number of carbonyl (C=O) groups is 1. The standard InChI is InChI=1S/C25H26N4O3/c1-4-17-12-18(30)13-19(32-14-20(26)31)22(17)24-25(29-11-6-5-10-21(29)27-24)28-23-15(2)8-7-9-16(23)3/h5-13,28,30H,4,14H2,1-3H3,(H2,26,31). The highest BCUT2D eigenvalue weighted by molar-refractivity contribution is 5.86. The molecule has 2 aromatic heterocycles. The number of aromatic hydroxyl groups is 1. The highest BCUT2D eigenvalue weighted by atomic mass is 16.5. The van der Waals surface area contributed by atoms with E-state index in [0.717, 1.165) is 33.8 Å². The summed E-state index contributed by atoms with van der Waals surface area (Å²) in [7, 11) is 0. The van der Waals surface area contributed by atoms with Crippen LogP contribution < -0.4 is 15.8 Å². The lowest BCUT2D eigenvalue weighted by Crippen LogP contribution is -2.20. The van der Waals surface area contributed by atoms with Crippen LogP contribution >= 0.6 is 0 Å². The lowest BCUT2D eigenvalue weighted by Gasteiger charge is -2.17. The number of hydrogen-bond donors (Lipinski definition) is 3. The van der Waals surface area contributed by atoms with Crippen LogP contribution in [-0.2, 0) is 11.2 Å². The Bertz CT molecular complexity index is 1290. The normalized spacial score (nSPS) is 11.0. The first-order valence-electron chi connectivity index (χ1n) is 10.5. The van der Waals surface area contributed by atoms with Gasteiger partial charge in [0.15, 0.2) is 6.61 Å². The number of nitrogens with two attached hydrogens (primary N) is 1. The van der Waals surface area contributed by atoms with Crippen LogP contribution in [0.3, 0.4) is 0 Å². The molecule has 4 N–H and O–H groups in total. The number of phenols is 1. The van der Waals surface area contributed by atoms with Crippen molar-refractivity contribution in [1.29, 1.82) is 0 Å². The molecular weight excluding hydrogens is 404 g/mol. The molecule has 0 radical (unpaired) electrons. The number of benzene rings is 2. The van der Waals surface area contributed by atoms with Gasteiger partial charge in [-0.2, -0.15) is 0 Å². The molecule has 7 nitrogen and oxygen atoms in total.